The maximum Gasteiger partial charge on any atom is 0.123 e. The third kappa shape index (κ3) is 2.83. The summed E-state index contributed by atoms with van der Waals surface area (Å²) < 4.78 is 17.9. The topological polar surface area (TPSA) is 9.23 Å². The second kappa shape index (κ2) is 5.69. The van der Waals surface area contributed by atoms with Crippen LogP contribution < -0.4 is 0 Å². The van der Waals surface area contributed by atoms with Crippen molar-refractivity contribution in [3.8, 4) is 0 Å². The molecule has 0 amide bonds. The van der Waals surface area contributed by atoms with Crippen LogP contribution in [-0.4, -0.2) is 25.5 Å². The maximum atomic E-state index is 12.8. The van der Waals surface area contributed by atoms with Gasteiger partial charge in [-0.25, -0.2) is 4.39 Å². The molecule has 0 atom stereocenters. The highest BCUT2D eigenvalue weighted by Gasteiger charge is 2.30. The molecule has 0 radical (unpaired) electrons. The lowest BCUT2D eigenvalue weighted by Crippen LogP contribution is -2.35. The summed E-state index contributed by atoms with van der Waals surface area (Å²) in [5.74, 6) is 0.417. The predicted octanol–water partition coefficient (Wildman–Crippen LogP) is 3.19. The zero-order valence-corrected chi connectivity index (χ0v) is 9.98. The predicted molar refractivity (Wildman–Crippen MR) is 61.4 cm³/mol. The second-order valence-corrected chi connectivity index (χ2v) is 4.02. The Bertz CT molecular complexity index is 296. The molecule has 0 saturated carbocycles. The molecule has 1 aromatic rings. The van der Waals surface area contributed by atoms with Gasteiger partial charge in [-0.05, 0) is 17.7 Å². The van der Waals surface area contributed by atoms with Crippen LogP contribution in [0.25, 0.3) is 0 Å². The van der Waals surface area contributed by atoms with Crippen LogP contribution in [0, 0.1) is 5.82 Å². The number of ether oxygens (including phenoxy) is 1. The average Bonchev–Trinajstić information content (AvgIpc) is 2.27. The molecular formula is C11H13Cl2FO. The molecule has 0 heterocycles. The zero-order valence-electron chi connectivity index (χ0n) is 8.47. The monoisotopic (exact) mass is 250 g/mol. The normalized spacial score (nSPS) is 11.7. The van der Waals surface area contributed by atoms with Gasteiger partial charge in [0.05, 0.1) is 6.61 Å². The smallest absolute Gasteiger partial charge is 0.123 e. The number of rotatable bonds is 5. The number of halogens is 3. The Morgan fingerprint density at radius 3 is 2.13 bits per heavy atom. The molecule has 0 saturated heterocycles. The van der Waals surface area contributed by atoms with Crippen molar-refractivity contribution in [3.63, 3.8) is 0 Å². The molecule has 0 unspecified atom stereocenters. The highest BCUT2D eigenvalue weighted by molar-refractivity contribution is 6.22. The van der Waals surface area contributed by atoms with E-state index in [-0.39, 0.29) is 5.82 Å². The first-order chi connectivity index (χ1) is 7.18. The van der Waals surface area contributed by atoms with E-state index in [2.05, 4.69) is 0 Å². The second-order valence-electron chi connectivity index (χ2n) is 3.49. The highest BCUT2D eigenvalue weighted by atomic mass is 35.5. The van der Waals surface area contributed by atoms with Gasteiger partial charge in [-0.2, -0.15) is 0 Å². The van der Waals surface area contributed by atoms with Gasteiger partial charge < -0.3 is 4.74 Å². The Balaban J connectivity index is 3.02. The van der Waals surface area contributed by atoms with Gasteiger partial charge in [0.25, 0.3) is 0 Å². The number of methoxy groups -OCH3 is 1. The van der Waals surface area contributed by atoms with E-state index in [0.29, 0.717) is 18.4 Å². The van der Waals surface area contributed by atoms with Crippen LogP contribution in [-0.2, 0) is 10.2 Å². The summed E-state index contributed by atoms with van der Waals surface area (Å²) in [6.07, 6.45) is 0. The summed E-state index contributed by atoms with van der Waals surface area (Å²) in [7, 11) is 1.59. The summed E-state index contributed by atoms with van der Waals surface area (Å²) in [5, 5.41) is 0. The quantitative estimate of drug-likeness (QED) is 0.730. The van der Waals surface area contributed by atoms with Crippen molar-refractivity contribution < 1.29 is 9.13 Å². The highest BCUT2D eigenvalue weighted by Crippen LogP contribution is 2.28. The maximum absolute atomic E-state index is 12.8. The van der Waals surface area contributed by atoms with E-state index in [0.717, 1.165) is 5.56 Å². The fourth-order valence-electron chi connectivity index (χ4n) is 1.43. The molecule has 4 heteroatoms. The van der Waals surface area contributed by atoms with Crippen LogP contribution >= 0.6 is 23.2 Å². The molecule has 15 heavy (non-hydrogen) atoms. The Morgan fingerprint density at radius 1 is 1.20 bits per heavy atom. The minimum atomic E-state index is -0.439. The lowest BCUT2D eigenvalue weighted by Gasteiger charge is -2.29. The van der Waals surface area contributed by atoms with Crippen LogP contribution in [0.5, 0.6) is 0 Å². The number of hydrogen-bond donors (Lipinski definition) is 0. The first kappa shape index (κ1) is 12.8. The molecule has 0 N–H and O–H groups in total. The van der Waals surface area contributed by atoms with Gasteiger partial charge in [-0.3, -0.25) is 0 Å². The molecule has 84 valence electrons. The first-order valence-corrected chi connectivity index (χ1v) is 5.62. The number of alkyl halides is 2. The van der Waals surface area contributed by atoms with E-state index in [1.165, 1.54) is 12.1 Å². The largest absolute Gasteiger partial charge is 0.384 e. The minimum absolute atomic E-state index is 0.269. The van der Waals surface area contributed by atoms with Gasteiger partial charge in [0, 0.05) is 24.3 Å². The summed E-state index contributed by atoms with van der Waals surface area (Å²) in [6, 6.07) is 6.19. The van der Waals surface area contributed by atoms with Gasteiger partial charge in [-0.1, -0.05) is 12.1 Å². The van der Waals surface area contributed by atoms with Crippen molar-refractivity contribution in [2.75, 3.05) is 25.5 Å². The molecular weight excluding hydrogens is 238 g/mol. The van der Waals surface area contributed by atoms with Gasteiger partial charge in [0.15, 0.2) is 0 Å². The molecule has 1 aromatic carbocycles. The van der Waals surface area contributed by atoms with Gasteiger partial charge in [0.1, 0.15) is 5.82 Å². The van der Waals surface area contributed by atoms with E-state index in [4.69, 9.17) is 27.9 Å². The van der Waals surface area contributed by atoms with E-state index in [1.807, 2.05) is 0 Å². The average molecular weight is 251 g/mol. The van der Waals surface area contributed by atoms with Gasteiger partial charge in [0.2, 0.25) is 0 Å². The van der Waals surface area contributed by atoms with Crippen LogP contribution in [0.1, 0.15) is 5.56 Å². The molecule has 0 spiro atoms. The Labute approximate surface area is 99.1 Å². The molecule has 0 aliphatic heterocycles. The summed E-state index contributed by atoms with van der Waals surface area (Å²) in [4.78, 5) is 0. The lowest BCUT2D eigenvalue weighted by molar-refractivity contribution is 0.149. The molecule has 0 aromatic heterocycles. The molecule has 0 fully saturated rings. The summed E-state index contributed by atoms with van der Waals surface area (Å²) >= 11 is 11.8. The van der Waals surface area contributed by atoms with E-state index in [1.54, 1.807) is 19.2 Å². The van der Waals surface area contributed by atoms with Gasteiger partial charge >= 0.3 is 0 Å². The Kier molecular flexibility index (Phi) is 4.84. The summed E-state index contributed by atoms with van der Waals surface area (Å²) in [5.41, 5.74) is 0.460. The number of benzene rings is 1. The number of hydrogen-bond acceptors (Lipinski definition) is 1. The standard InChI is InChI=1S/C11H13Cl2FO/c1-15-8-11(6-12,7-13)9-2-4-10(14)5-3-9/h2-5H,6-8H2,1H3. The molecule has 1 rings (SSSR count). The molecule has 0 aliphatic carbocycles. The molecule has 0 bridgehead atoms. The molecule has 0 aliphatic rings. The van der Waals surface area contributed by atoms with Crippen molar-refractivity contribution in [1.82, 2.24) is 0 Å². The van der Waals surface area contributed by atoms with Crippen molar-refractivity contribution >= 4 is 23.2 Å². The van der Waals surface area contributed by atoms with Crippen molar-refractivity contribution in [2.45, 2.75) is 5.41 Å². The van der Waals surface area contributed by atoms with Crippen LogP contribution in [0.4, 0.5) is 4.39 Å². The van der Waals surface area contributed by atoms with E-state index < -0.39 is 5.41 Å². The Morgan fingerprint density at radius 2 is 1.73 bits per heavy atom. The van der Waals surface area contributed by atoms with Crippen LogP contribution in [0.2, 0.25) is 0 Å². The van der Waals surface area contributed by atoms with Gasteiger partial charge in [-0.15, -0.1) is 23.2 Å². The summed E-state index contributed by atoms with van der Waals surface area (Å²) in [6.45, 7) is 0.422. The minimum Gasteiger partial charge on any atom is -0.384 e. The van der Waals surface area contributed by atoms with Crippen LogP contribution in [0.15, 0.2) is 24.3 Å². The Hall–Kier alpha value is -0.310. The van der Waals surface area contributed by atoms with Crippen LogP contribution in [0.3, 0.4) is 0 Å². The third-order valence-corrected chi connectivity index (χ3v) is 3.41. The zero-order chi connectivity index (χ0) is 11.3. The third-order valence-electron chi connectivity index (χ3n) is 2.39. The van der Waals surface area contributed by atoms with Crippen molar-refractivity contribution in [1.29, 1.82) is 0 Å². The van der Waals surface area contributed by atoms with Crippen molar-refractivity contribution in [3.05, 3.63) is 35.6 Å². The SMILES string of the molecule is COCC(CCl)(CCl)c1ccc(F)cc1. The van der Waals surface area contributed by atoms with E-state index >= 15 is 0 Å². The fourth-order valence-corrected chi connectivity index (χ4v) is 2.18. The molecule has 1 nitrogen and oxygen atoms in total. The first-order valence-electron chi connectivity index (χ1n) is 4.55. The fraction of sp³-hybridized carbons (Fsp3) is 0.455. The van der Waals surface area contributed by atoms with Crippen molar-refractivity contribution in [2.24, 2.45) is 0 Å². The van der Waals surface area contributed by atoms with E-state index in [9.17, 15) is 4.39 Å². The lowest BCUT2D eigenvalue weighted by atomic mass is 9.85.